The Morgan fingerprint density at radius 2 is 1.79 bits per heavy atom. The predicted molar refractivity (Wildman–Crippen MR) is 131 cm³/mol. The summed E-state index contributed by atoms with van der Waals surface area (Å²) in [5.41, 5.74) is 3.44. The minimum atomic E-state index is 0. The summed E-state index contributed by atoms with van der Waals surface area (Å²) in [7, 11) is 3.50. The van der Waals surface area contributed by atoms with E-state index in [0.29, 0.717) is 0 Å². The first kappa shape index (κ1) is 23.0. The molecular formula is C22H30IN5O. The first-order valence-electron chi connectivity index (χ1n) is 9.71. The molecule has 0 aliphatic carbocycles. The monoisotopic (exact) mass is 507 g/mol. The average Bonchev–Trinajstić information content (AvgIpc) is 3.05. The Labute approximate surface area is 189 Å². The molecule has 0 saturated carbocycles. The van der Waals surface area contributed by atoms with Gasteiger partial charge in [-0.1, -0.05) is 30.3 Å². The van der Waals surface area contributed by atoms with E-state index in [9.17, 15) is 0 Å². The lowest BCUT2D eigenvalue weighted by molar-refractivity contribution is 0.409. The Morgan fingerprint density at radius 1 is 1.07 bits per heavy atom. The van der Waals surface area contributed by atoms with Crippen LogP contribution in [-0.2, 0) is 13.0 Å². The van der Waals surface area contributed by atoms with Gasteiger partial charge in [-0.3, -0.25) is 4.99 Å². The molecule has 0 radical (unpaired) electrons. The molecule has 2 aromatic carbocycles. The van der Waals surface area contributed by atoms with Crippen LogP contribution in [0.15, 0.2) is 53.5 Å². The number of rotatable bonds is 8. The number of para-hydroxylation sites is 3. The third-order valence-corrected chi connectivity index (χ3v) is 4.80. The number of aliphatic imine (C=N–C) groups is 1. The van der Waals surface area contributed by atoms with Crippen molar-refractivity contribution in [3.05, 3.63) is 59.9 Å². The van der Waals surface area contributed by atoms with Gasteiger partial charge in [0, 0.05) is 26.7 Å². The van der Waals surface area contributed by atoms with Crippen LogP contribution < -0.4 is 15.4 Å². The van der Waals surface area contributed by atoms with E-state index in [1.165, 1.54) is 11.1 Å². The van der Waals surface area contributed by atoms with Gasteiger partial charge in [0.05, 0.1) is 18.1 Å². The van der Waals surface area contributed by atoms with Gasteiger partial charge in [0.2, 0.25) is 0 Å². The van der Waals surface area contributed by atoms with Crippen molar-refractivity contribution in [2.24, 2.45) is 4.99 Å². The van der Waals surface area contributed by atoms with Crippen molar-refractivity contribution in [3.8, 4) is 5.75 Å². The lowest BCUT2D eigenvalue weighted by Crippen LogP contribution is -2.39. The van der Waals surface area contributed by atoms with Crippen LogP contribution in [0.5, 0.6) is 5.75 Å². The summed E-state index contributed by atoms with van der Waals surface area (Å²) < 4.78 is 7.68. The second-order valence-electron chi connectivity index (χ2n) is 6.64. The van der Waals surface area contributed by atoms with Crippen LogP contribution in [0.1, 0.15) is 17.8 Å². The maximum Gasteiger partial charge on any atom is 0.190 e. The average molecular weight is 507 g/mol. The Bertz CT molecular complexity index is 938. The Balaban J connectivity index is 0.00000300. The number of fused-ring (bicyclic) bond motifs is 1. The summed E-state index contributed by atoms with van der Waals surface area (Å²) >= 11 is 0. The molecule has 2 N–H and O–H groups in total. The van der Waals surface area contributed by atoms with Gasteiger partial charge in [0.25, 0.3) is 0 Å². The number of benzene rings is 2. The Morgan fingerprint density at radius 3 is 2.59 bits per heavy atom. The quantitative estimate of drug-likeness (QED) is 0.211. The van der Waals surface area contributed by atoms with Gasteiger partial charge in [-0.05, 0) is 43.5 Å². The van der Waals surface area contributed by atoms with Crippen molar-refractivity contribution < 1.29 is 4.74 Å². The predicted octanol–water partition coefficient (Wildman–Crippen LogP) is 3.77. The maximum absolute atomic E-state index is 5.40. The fraction of sp³-hybridized carbons (Fsp3) is 0.364. The number of halogens is 1. The highest BCUT2D eigenvalue weighted by atomic mass is 127. The van der Waals surface area contributed by atoms with Crippen molar-refractivity contribution >= 4 is 41.0 Å². The lowest BCUT2D eigenvalue weighted by Gasteiger charge is -2.13. The largest absolute Gasteiger partial charge is 0.496 e. The van der Waals surface area contributed by atoms with Gasteiger partial charge in [-0.15, -0.1) is 24.0 Å². The highest BCUT2D eigenvalue weighted by Gasteiger charge is 2.06. The molecule has 1 heterocycles. The number of guanidine groups is 1. The second kappa shape index (κ2) is 11.6. The Hall–Kier alpha value is -2.29. The minimum Gasteiger partial charge on any atom is -0.496 e. The SMILES string of the molecule is CN=C(NCCCn1c(C)nc2ccccc21)NCCc1ccccc1OC.I. The van der Waals surface area contributed by atoms with Crippen LogP contribution in [0.2, 0.25) is 0 Å². The molecule has 0 aliphatic rings. The maximum atomic E-state index is 5.40. The molecular weight excluding hydrogens is 477 g/mol. The Kier molecular flexibility index (Phi) is 9.24. The van der Waals surface area contributed by atoms with Crippen molar-refractivity contribution in [2.75, 3.05) is 27.2 Å². The molecule has 6 nitrogen and oxygen atoms in total. The van der Waals surface area contributed by atoms with E-state index in [0.717, 1.165) is 55.5 Å². The molecule has 0 aliphatic heterocycles. The molecule has 0 spiro atoms. The first-order valence-corrected chi connectivity index (χ1v) is 9.71. The molecule has 0 amide bonds. The fourth-order valence-electron chi connectivity index (χ4n) is 3.37. The van der Waals surface area contributed by atoms with Crippen LogP contribution in [-0.4, -0.2) is 42.8 Å². The number of aromatic nitrogens is 2. The zero-order valence-corrected chi connectivity index (χ0v) is 19.6. The van der Waals surface area contributed by atoms with Crippen molar-refractivity contribution in [2.45, 2.75) is 26.3 Å². The highest BCUT2D eigenvalue weighted by molar-refractivity contribution is 14.0. The third kappa shape index (κ3) is 6.09. The first-order chi connectivity index (χ1) is 13.7. The summed E-state index contributed by atoms with van der Waals surface area (Å²) in [6, 6.07) is 16.4. The van der Waals surface area contributed by atoms with Crippen LogP contribution in [0.25, 0.3) is 11.0 Å². The van der Waals surface area contributed by atoms with E-state index in [1.807, 2.05) is 24.3 Å². The number of methoxy groups -OCH3 is 1. The summed E-state index contributed by atoms with van der Waals surface area (Å²) in [6.07, 6.45) is 1.87. The van der Waals surface area contributed by atoms with Crippen LogP contribution in [0.4, 0.5) is 0 Å². The molecule has 0 bridgehead atoms. The number of ether oxygens (including phenoxy) is 1. The van der Waals surface area contributed by atoms with Crippen LogP contribution >= 0.6 is 24.0 Å². The topological polar surface area (TPSA) is 63.5 Å². The summed E-state index contributed by atoms with van der Waals surface area (Å²) in [5.74, 6) is 2.80. The zero-order valence-electron chi connectivity index (χ0n) is 17.3. The van der Waals surface area contributed by atoms with Gasteiger partial charge in [0.1, 0.15) is 11.6 Å². The van der Waals surface area contributed by atoms with E-state index in [2.05, 4.69) is 56.4 Å². The van der Waals surface area contributed by atoms with E-state index < -0.39 is 0 Å². The van der Waals surface area contributed by atoms with Crippen molar-refractivity contribution in [1.29, 1.82) is 0 Å². The van der Waals surface area contributed by atoms with E-state index in [4.69, 9.17) is 4.74 Å². The molecule has 1 aromatic heterocycles. The molecule has 0 saturated heterocycles. The van der Waals surface area contributed by atoms with Crippen molar-refractivity contribution in [3.63, 3.8) is 0 Å². The molecule has 156 valence electrons. The van der Waals surface area contributed by atoms with Crippen molar-refractivity contribution in [1.82, 2.24) is 20.2 Å². The minimum absolute atomic E-state index is 0. The van der Waals surface area contributed by atoms with E-state index in [-0.39, 0.29) is 24.0 Å². The number of imidazole rings is 1. The standard InChI is InChI=1S/C22H29N5O.HI/c1-17-26-19-10-5-6-11-20(19)27(17)16-8-14-24-22(23-2)25-15-13-18-9-4-7-12-21(18)28-3;/h4-7,9-12H,8,13-16H2,1-3H3,(H2,23,24,25);1H. The number of hydrogen-bond acceptors (Lipinski definition) is 3. The van der Waals surface area contributed by atoms with Gasteiger partial charge in [-0.2, -0.15) is 0 Å². The number of nitrogens with zero attached hydrogens (tertiary/aromatic N) is 3. The second-order valence-corrected chi connectivity index (χ2v) is 6.64. The normalized spacial score (nSPS) is 11.2. The van der Waals surface area contributed by atoms with Gasteiger partial charge in [-0.25, -0.2) is 4.98 Å². The lowest BCUT2D eigenvalue weighted by atomic mass is 10.1. The fourth-order valence-corrected chi connectivity index (χ4v) is 3.37. The number of aryl methyl sites for hydroxylation is 2. The molecule has 0 atom stereocenters. The molecule has 3 rings (SSSR count). The summed E-state index contributed by atoms with van der Waals surface area (Å²) in [4.78, 5) is 8.93. The highest BCUT2D eigenvalue weighted by Crippen LogP contribution is 2.17. The molecule has 7 heteroatoms. The van der Waals surface area contributed by atoms with Crippen LogP contribution in [0.3, 0.4) is 0 Å². The summed E-state index contributed by atoms with van der Waals surface area (Å²) in [5, 5.41) is 6.76. The zero-order chi connectivity index (χ0) is 19.8. The van der Waals surface area contributed by atoms with E-state index >= 15 is 0 Å². The molecule has 3 aromatic rings. The third-order valence-electron chi connectivity index (χ3n) is 4.80. The van der Waals surface area contributed by atoms with Gasteiger partial charge < -0.3 is 19.9 Å². The molecule has 29 heavy (non-hydrogen) atoms. The molecule has 0 fully saturated rings. The molecule has 0 unspecified atom stereocenters. The van der Waals surface area contributed by atoms with Gasteiger partial charge >= 0.3 is 0 Å². The van der Waals surface area contributed by atoms with E-state index in [1.54, 1.807) is 14.2 Å². The number of nitrogens with one attached hydrogen (secondary N) is 2. The van der Waals surface area contributed by atoms with Crippen LogP contribution in [0, 0.1) is 6.92 Å². The number of hydrogen-bond donors (Lipinski definition) is 2. The smallest absolute Gasteiger partial charge is 0.190 e. The summed E-state index contributed by atoms with van der Waals surface area (Å²) in [6.45, 7) is 4.63. The van der Waals surface area contributed by atoms with Gasteiger partial charge in [0.15, 0.2) is 5.96 Å².